The second-order valence-corrected chi connectivity index (χ2v) is 10.2. The van der Waals surface area contributed by atoms with E-state index in [1.807, 2.05) is 20.8 Å². The van der Waals surface area contributed by atoms with Crippen LogP contribution in [-0.4, -0.2) is 34.6 Å². The molecule has 174 valence electrons. The lowest BCUT2D eigenvalue weighted by molar-refractivity contribution is -0.139. The quantitative estimate of drug-likeness (QED) is 0.361. The molecule has 0 aliphatic carbocycles. The summed E-state index contributed by atoms with van der Waals surface area (Å²) in [7, 11) is 0. The van der Waals surface area contributed by atoms with Crippen LogP contribution in [0, 0.1) is 0 Å². The van der Waals surface area contributed by atoms with Crippen molar-refractivity contribution in [2.24, 2.45) is 0 Å². The maximum atomic E-state index is 13.3. The van der Waals surface area contributed by atoms with Crippen LogP contribution in [-0.2, 0) is 21.9 Å². The first-order chi connectivity index (χ1) is 15.1. The van der Waals surface area contributed by atoms with Gasteiger partial charge in [-0.1, -0.05) is 65.5 Å². The molecule has 0 aliphatic heterocycles. The second kappa shape index (κ2) is 13.0. The van der Waals surface area contributed by atoms with Crippen molar-refractivity contribution in [2.45, 2.75) is 51.6 Å². The van der Waals surface area contributed by atoms with Gasteiger partial charge in [0.2, 0.25) is 11.8 Å². The summed E-state index contributed by atoms with van der Waals surface area (Å²) in [5.41, 5.74) is 1.58. The summed E-state index contributed by atoms with van der Waals surface area (Å²) in [6.45, 7) is 5.90. The summed E-state index contributed by atoms with van der Waals surface area (Å²) in [6.07, 6.45) is 0.479. The van der Waals surface area contributed by atoms with Gasteiger partial charge in [-0.3, -0.25) is 9.59 Å². The molecule has 4 nitrogen and oxygen atoms in total. The van der Waals surface area contributed by atoms with E-state index in [1.165, 1.54) is 11.8 Å². The van der Waals surface area contributed by atoms with Crippen molar-refractivity contribution in [1.82, 2.24) is 10.2 Å². The summed E-state index contributed by atoms with van der Waals surface area (Å²) in [4.78, 5) is 27.7. The van der Waals surface area contributed by atoms with Crippen molar-refractivity contribution < 1.29 is 9.59 Å². The molecule has 0 bridgehead atoms. The fourth-order valence-corrected chi connectivity index (χ4v) is 5.10. The first kappa shape index (κ1) is 27.1. The number of hydrogen-bond donors (Lipinski definition) is 1. The third kappa shape index (κ3) is 7.74. The topological polar surface area (TPSA) is 49.4 Å². The standard InChI is InChI=1S/C23H26Cl4N2O2S/c1-4-21(23(31)28-14(2)3)29(11-15-8-9-19(26)20(27)10-15)22(30)13-32-12-16-17(24)6-5-7-18(16)25/h5-10,14,21H,4,11-13H2,1-3H3,(H,28,31)/t21-/m1/s1. The van der Waals surface area contributed by atoms with Crippen molar-refractivity contribution >= 4 is 70.0 Å². The third-order valence-corrected chi connectivity index (χ3v) is 7.08. The fourth-order valence-electron chi connectivity index (χ4n) is 3.13. The van der Waals surface area contributed by atoms with E-state index in [4.69, 9.17) is 46.4 Å². The summed E-state index contributed by atoms with van der Waals surface area (Å²) >= 11 is 26.1. The van der Waals surface area contributed by atoms with E-state index in [1.54, 1.807) is 41.3 Å². The molecule has 9 heteroatoms. The highest BCUT2D eigenvalue weighted by atomic mass is 35.5. The first-order valence-electron chi connectivity index (χ1n) is 10.2. The highest BCUT2D eigenvalue weighted by Crippen LogP contribution is 2.29. The molecule has 0 saturated heterocycles. The lowest BCUT2D eigenvalue weighted by Crippen LogP contribution is -2.50. The van der Waals surface area contributed by atoms with Crippen LogP contribution in [0.15, 0.2) is 36.4 Å². The van der Waals surface area contributed by atoms with Crippen LogP contribution in [0.1, 0.15) is 38.3 Å². The van der Waals surface area contributed by atoms with E-state index in [0.29, 0.717) is 32.3 Å². The predicted octanol–water partition coefficient (Wildman–Crippen LogP) is 6.87. The van der Waals surface area contributed by atoms with E-state index in [-0.39, 0.29) is 30.2 Å². The number of rotatable bonds is 10. The molecule has 2 aromatic rings. The van der Waals surface area contributed by atoms with Gasteiger partial charge >= 0.3 is 0 Å². The van der Waals surface area contributed by atoms with Gasteiger partial charge in [-0.25, -0.2) is 0 Å². The van der Waals surface area contributed by atoms with Gasteiger partial charge in [-0.15, -0.1) is 11.8 Å². The van der Waals surface area contributed by atoms with Crippen molar-refractivity contribution in [3.8, 4) is 0 Å². The van der Waals surface area contributed by atoms with Crippen LogP contribution < -0.4 is 5.32 Å². The Hall–Kier alpha value is -1.11. The van der Waals surface area contributed by atoms with Crippen LogP contribution >= 0.6 is 58.2 Å². The SMILES string of the molecule is CC[C@H](C(=O)NC(C)C)N(Cc1ccc(Cl)c(Cl)c1)C(=O)CSCc1c(Cl)cccc1Cl. The predicted molar refractivity (Wildman–Crippen MR) is 137 cm³/mol. The van der Waals surface area contributed by atoms with E-state index < -0.39 is 6.04 Å². The molecule has 0 aromatic heterocycles. The number of benzene rings is 2. The second-order valence-electron chi connectivity index (χ2n) is 7.55. The van der Waals surface area contributed by atoms with Gasteiger partial charge in [-0.05, 0) is 55.7 Å². The molecular weight excluding hydrogens is 510 g/mol. The Morgan fingerprint density at radius 3 is 2.22 bits per heavy atom. The van der Waals surface area contributed by atoms with Gasteiger partial charge < -0.3 is 10.2 Å². The van der Waals surface area contributed by atoms with E-state index in [0.717, 1.165) is 11.1 Å². The number of halogens is 4. The number of thioether (sulfide) groups is 1. The number of amides is 2. The molecule has 0 radical (unpaired) electrons. The largest absolute Gasteiger partial charge is 0.352 e. The molecule has 0 unspecified atom stereocenters. The highest BCUT2D eigenvalue weighted by Gasteiger charge is 2.29. The van der Waals surface area contributed by atoms with E-state index >= 15 is 0 Å². The number of nitrogens with one attached hydrogen (secondary N) is 1. The summed E-state index contributed by atoms with van der Waals surface area (Å²) in [6, 6.07) is 9.88. The van der Waals surface area contributed by atoms with Gasteiger partial charge in [0.1, 0.15) is 6.04 Å². The molecule has 2 rings (SSSR count). The van der Waals surface area contributed by atoms with E-state index in [9.17, 15) is 9.59 Å². The molecule has 2 amide bonds. The molecule has 0 aliphatic rings. The average molecular weight is 536 g/mol. The minimum Gasteiger partial charge on any atom is -0.352 e. The first-order valence-corrected chi connectivity index (χ1v) is 12.8. The van der Waals surface area contributed by atoms with Crippen LogP contribution in [0.25, 0.3) is 0 Å². The Morgan fingerprint density at radius 1 is 1.00 bits per heavy atom. The van der Waals surface area contributed by atoms with E-state index in [2.05, 4.69) is 5.32 Å². The van der Waals surface area contributed by atoms with Gasteiger partial charge in [0.25, 0.3) is 0 Å². The van der Waals surface area contributed by atoms with Crippen LogP contribution in [0.4, 0.5) is 0 Å². The highest BCUT2D eigenvalue weighted by molar-refractivity contribution is 7.99. The average Bonchev–Trinajstić information content (AvgIpc) is 2.72. The molecule has 1 N–H and O–H groups in total. The molecule has 0 spiro atoms. The summed E-state index contributed by atoms with van der Waals surface area (Å²) in [5.74, 6) is 0.318. The van der Waals surface area contributed by atoms with Crippen molar-refractivity contribution in [1.29, 1.82) is 0 Å². The molecule has 0 fully saturated rings. The Bertz CT molecular complexity index is 935. The van der Waals surface area contributed by atoms with Gasteiger partial charge in [-0.2, -0.15) is 0 Å². The summed E-state index contributed by atoms with van der Waals surface area (Å²) in [5, 5.41) is 4.87. The molecule has 1 atom stereocenters. The minimum absolute atomic E-state index is 0.0322. The number of carbonyl (C=O) groups excluding carboxylic acids is 2. The van der Waals surface area contributed by atoms with Gasteiger partial charge in [0.15, 0.2) is 0 Å². The maximum Gasteiger partial charge on any atom is 0.243 e. The lowest BCUT2D eigenvalue weighted by Gasteiger charge is -2.31. The maximum absolute atomic E-state index is 13.3. The fraction of sp³-hybridized carbons (Fsp3) is 0.391. The molecule has 2 aromatic carbocycles. The zero-order valence-corrected chi connectivity index (χ0v) is 22.0. The lowest BCUT2D eigenvalue weighted by atomic mass is 10.1. The van der Waals surface area contributed by atoms with Crippen LogP contribution in [0.5, 0.6) is 0 Å². The van der Waals surface area contributed by atoms with Gasteiger partial charge in [0.05, 0.1) is 15.8 Å². The zero-order valence-electron chi connectivity index (χ0n) is 18.1. The van der Waals surface area contributed by atoms with Crippen molar-refractivity contribution in [3.05, 3.63) is 67.6 Å². The summed E-state index contributed by atoms with van der Waals surface area (Å²) < 4.78 is 0. The Morgan fingerprint density at radius 2 is 1.66 bits per heavy atom. The van der Waals surface area contributed by atoms with Gasteiger partial charge in [0, 0.05) is 28.4 Å². The van der Waals surface area contributed by atoms with Crippen LogP contribution in [0.2, 0.25) is 20.1 Å². The molecule has 0 saturated carbocycles. The Balaban J connectivity index is 2.20. The molecule has 0 heterocycles. The zero-order chi connectivity index (χ0) is 23.8. The number of hydrogen-bond acceptors (Lipinski definition) is 3. The third-order valence-electron chi connectivity index (χ3n) is 4.69. The smallest absolute Gasteiger partial charge is 0.243 e. The number of carbonyl (C=O) groups is 2. The minimum atomic E-state index is -0.608. The molecule has 32 heavy (non-hydrogen) atoms. The number of nitrogens with zero attached hydrogens (tertiary/aromatic N) is 1. The Kier molecular flexibility index (Phi) is 11.0. The molecular formula is C23H26Cl4N2O2S. The van der Waals surface area contributed by atoms with Crippen molar-refractivity contribution in [3.63, 3.8) is 0 Å². The normalized spacial score (nSPS) is 12.0. The monoisotopic (exact) mass is 534 g/mol. The Labute approximate surface area is 213 Å². The van der Waals surface area contributed by atoms with Crippen molar-refractivity contribution in [2.75, 3.05) is 5.75 Å². The van der Waals surface area contributed by atoms with Crippen LogP contribution in [0.3, 0.4) is 0 Å².